The molecule has 4 nitrogen and oxygen atoms in total. The van der Waals surface area contributed by atoms with Crippen LogP contribution < -0.4 is 5.32 Å². The van der Waals surface area contributed by atoms with Gasteiger partial charge in [0, 0.05) is 31.2 Å². The normalized spacial score (nSPS) is 32.8. The van der Waals surface area contributed by atoms with Crippen molar-refractivity contribution in [3.8, 4) is 0 Å². The second-order valence-corrected chi connectivity index (χ2v) is 6.74. The van der Waals surface area contributed by atoms with Gasteiger partial charge in [0.05, 0.1) is 12.1 Å². The summed E-state index contributed by atoms with van der Waals surface area (Å²) in [5.41, 5.74) is 0.343. The number of carbonyl (C=O) groups is 1. The maximum Gasteiger partial charge on any atom is 0.239 e. The summed E-state index contributed by atoms with van der Waals surface area (Å²) in [4.78, 5) is 14.4. The Morgan fingerprint density at radius 1 is 1.35 bits per heavy atom. The quantitative estimate of drug-likeness (QED) is 0.837. The number of hydrogen-bond donors (Lipinski definition) is 1. The minimum atomic E-state index is -0.0434. The lowest BCUT2D eigenvalue weighted by molar-refractivity contribution is -0.176. The Balaban J connectivity index is 1.54. The van der Waals surface area contributed by atoms with E-state index in [2.05, 4.69) is 12.2 Å². The molecule has 0 aromatic heterocycles. The molecule has 1 N–H and O–H groups in total. The molecule has 1 amide bonds. The van der Waals surface area contributed by atoms with Gasteiger partial charge in [-0.05, 0) is 46.0 Å². The van der Waals surface area contributed by atoms with Crippen molar-refractivity contribution in [2.75, 3.05) is 19.7 Å². The fourth-order valence-corrected chi connectivity index (χ4v) is 4.26. The maximum absolute atomic E-state index is 12.4. The first-order chi connectivity index (χ1) is 9.67. The molecule has 0 bridgehead atoms. The zero-order valence-corrected chi connectivity index (χ0v) is 12.9. The fourth-order valence-electron chi connectivity index (χ4n) is 4.26. The van der Waals surface area contributed by atoms with Crippen LogP contribution in [-0.4, -0.2) is 48.7 Å². The van der Waals surface area contributed by atoms with Gasteiger partial charge in [0.1, 0.15) is 0 Å². The standard InChI is InChI=1S/C16H28N2O2/c1-3-20-14-11-13(16(14)7-6-8-16)17-12(2)15(19)18-9-4-5-10-18/h12-14,17H,3-11H2,1-2H3. The molecule has 3 aliphatic rings. The van der Waals surface area contributed by atoms with Crippen LogP contribution in [0.1, 0.15) is 52.4 Å². The van der Waals surface area contributed by atoms with Crippen LogP contribution in [0.2, 0.25) is 0 Å². The van der Waals surface area contributed by atoms with Crippen LogP contribution >= 0.6 is 0 Å². The number of ether oxygens (including phenoxy) is 1. The summed E-state index contributed by atoms with van der Waals surface area (Å²) >= 11 is 0. The number of likely N-dealkylation sites (tertiary alicyclic amines) is 1. The van der Waals surface area contributed by atoms with E-state index < -0.39 is 0 Å². The van der Waals surface area contributed by atoms with E-state index in [0.717, 1.165) is 39.0 Å². The lowest BCUT2D eigenvalue weighted by Crippen LogP contribution is -2.69. The lowest BCUT2D eigenvalue weighted by atomic mass is 9.51. The van der Waals surface area contributed by atoms with Crippen molar-refractivity contribution in [2.45, 2.75) is 70.6 Å². The molecule has 3 rings (SSSR count). The maximum atomic E-state index is 12.4. The van der Waals surface area contributed by atoms with Crippen LogP contribution in [0.4, 0.5) is 0 Å². The molecule has 1 spiro atoms. The van der Waals surface area contributed by atoms with E-state index in [0.29, 0.717) is 17.6 Å². The summed E-state index contributed by atoms with van der Waals surface area (Å²) in [7, 11) is 0. The van der Waals surface area contributed by atoms with Gasteiger partial charge in [0.25, 0.3) is 0 Å². The fraction of sp³-hybridized carbons (Fsp3) is 0.938. The largest absolute Gasteiger partial charge is 0.378 e. The number of hydrogen-bond acceptors (Lipinski definition) is 3. The summed E-state index contributed by atoms with van der Waals surface area (Å²) in [5.74, 6) is 0.289. The van der Waals surface area contributed by atoms with Crippen molar-refractivity contribution >= 4 is 5.91 Å². The van der Waals surface area contributed by atoms with Gasteiger partial charge in [-0.25, -0.2) is 0 Å². The highest BCUT2D eigenvalue weighted by molar-refractivity contribution is 5.81. The molecule has 2 saturated carbocycles. The summed E-state index contributed by atoms with van der Waals surface area (Å²) in [5, 5.41) is 3.60. The molecule has 1 heterocycles. The lowest BCUT2D eigenvalue weighted by Gasteiger charge is -2.61. The third kappa shape index (κ3) is 2.27. The Hall–Kier alpha value is -0.610. The molecular formula is C16H28N2O2. The van der Waals surface area contributed by atoms with Crippen LogP contribution in [0.5, 0.6) is 0 Å². The van der Waals surface area contributed by atoms with E-state index in [1.54, 1.807) is 0 Å². The van der Waals surface area contributed by atoms with E-state index in [1.807, 2.05) is 11.8 Å². The molecule has 0 aromatic carbocycles. The van der Waals surface area contributed by atoms with E-state index in [1.165, 1.54) is 19.3 Å². The van der Waals surface area contributed by atoms with Crippen molar-refractivity contribution in [3.05, 3.63) is 0 Å². The Morgan fingerprint density at radius 3 is 2.60 bits per heavy atom. The molecule has 1 saturated heterocycles. The van der Waals surface area contributed by atoms with Crippen LogP contribution in [-0.2, 0) is 9.53 Å². The summed E-state index contributed by atoms with van der Waals surface area (Å²) in [6, 6.07) is 0.438. The van der Waals surface area contributed by atoms with Gasteiger partial charge in [-0.2, -0.15) is 0 Å². The van der Waals surface area contributed by atoms with Gasteiger partial charge < -0.3 is 15.0 Å². The molecule has 0 aromatic rings. The monoisotopic (exact) mass is 280 g/mol. The SMILES string of the molecule is CCOC1CC(NC(C)C(=O)N2CCCC2)C12CCC2. The van der Waals surface area contributed by atoms with Crippen LogP contribution in [0.3, 0.4) is 0 Å². The molecule has 3 fully saturated rings. The first kappa shape index (κ1) is 14.3. The molecule has 0 radical (unpaired) electrons. The molecule has 2 aliphatic carbocycles. The average molecular weight is 280 g/mol. The Labute approximate surface area is 122 Å². The van der Waals surface area contributed by atoms with Crippen molar-refractivity contribution in [3.63, 3.8) is 0 Å². The number of rotatable bonds is 5. The first-order valence-corrected chi connectivity index (χ1v) is 8.34. The summed E-state index contributed by atoms with van der Waals surface area (Å²) < 4.78 is 5.87. The molecule has 3 unspecified atom stereocenters. The van der Waals surface area contributed by atoms with Crippen LogP contribution in [0.15, 0.2) is 0 Å². The zero-order chi connectivity index (χ0) is 14.2. The molecule has 20 heavy (non-hydrogen) atoms. The summed E-state index contributed by atoms with van der Waals surface area (Å²) in [6.45, 7) is 6.81. The van der Waals surface area contributed by atoms with Gasteiger partial charge in [-0.3, -0.25) is 4.79 Å². The van der Waals surface area contributed by atoms with Gasteiger partial charge in [-0.1, -0.05) is 6.42 Å². The van der Waals surface area contributed by atoms with Gasteiger partial charge in [0.15, 0.2) is 0 Å². The number of nitrogens with one attached hydrogen (secondary N) is 1. The Bertz CT molecular complexity index is 361. The van der Waals surface area contributed by atoms with E-state index >= 15 is 0 Å². The third-order valence-corrected chi connectivity index (χ3v) is 5.68. The predicted octanol–water partition coefficient (Wildman–Crippen LogP) is 1.93. The molecule has 4 heteroatoms. The first-order valence-electron chi connectivity index (χ1n) is 8.34. The minimum Gasteiger partial charge on any atom is -0.378 e. The second kappa shape index (κ2) is 5.64. The Morgan fingerprint density at radius 2 is 2.05 bits per heavy atom. The highest BCUT2D eigenvalue weighted by Crippen LogP contribution is 2.57. The highest BCUT2D eigenvalue weighted by Gasteiger charge is 2.59. The van der Waals surface area contributed by atoms with Gasteiger partial charge in [-0.15, -0.1) is 0 Å². The van der Waals surface area contributed by atoms with E-state index in [9.17, 15) is 4.79 Å². The second-order valence-electron chi connectivity index (χ2n) is 6.74. The molecule has 3 atom stereocenters. The van der Waals surface area contributed by atoms with Crippen LogP contribution in [0.25, 0.3) is 0 Å². The van der Waals surface area contributed by atoms with Crippen molar-refractivity contribution in [2.24, 2.45) is 5.41 Å². The van der Waals surface area contributed by atoms with E-state index in [-0.39, 0.29) is 11.9 Å². The van der Waals surface area contributed by atoms with E-state index in [4.69, 9.17) is 4.74 Å². The summed E-state index contributed by atoms with van der Waals surface area (Å²) in [6.07, 6.45) is 7.67. The zero-order valence-electron chi connectivity index (χ0n) is 12.9. The van der Waals surface area contributed by atoms with Crippen LogP contribution in [0, 0.1) is 5.41 Å². The smallest absolute Gasteiger partial charge is 0.239 e. The van der Waals surface area contributed by atoms with Crippen molar-refractivity contribution in [1.29, 1.82) is 0 Å². The predicted molar refractivity (Wildman–Crippen MR) is 78.5 cm³/mol. The molecule has 1 aliphatic heterocycles. The van der Waals surface area contributed by atoms with Crippen molar-refractivity contribution in [1.82, 2.24) is 10.2 Å². The number of amides is 1. The third-order valence-electron chi connectivity index (χ3n) is 5.68. The average Bonchev–Trinajstić information content (AvgIpc) is 2.88. The minimum absolute atomic E-state index is 0.0434. The van der Waals surface area contributed by atoms with Gasteiger partial charge in [0.2, 0.25) is 5.91 Å². The number of nitrogens with zero attached hydrogens (tertiary/aromatic N) is 1. The van der Waals surface area contributed by atoms with Crippen molar-refractivity contribution < 1.29 is 9.53 Å². The van der Waals surface area contributed by atoms with Gasteiger partial charge >= 0.3 is 0 Å². The topological polar surface area (TPSA) is 41.6 Å². The molecule has 114 valence electrons. The highest BCUT2D eigenvalue weighted by atomic mass is 16.5. The Kier molecular flexibility index (Phi) is 4.04. The number of carbonyl (C=O) groups excluding carboxylic acids is 1. The molecular weight excluding hydrogens is 252 g/mol.